The van der Waals surface area contributed by atoms with E-state index in [4.69, 9.17) is 4.74 Å². The van der Waals surface area contributed by atoms with Crippen molar-refractivity contribution in [2.75, 3.05) is 13.2 Å². The maximum atomic E-state index is 12.7. The molecule has 1 aliphatic rings. The first-order valence-corrected chi connectivity index (χ1v) is 8.21. The molecule has 2 aromatic rings. The third-order valence-electron chi connectivity index (χ3n) is 4.34. The first kappa shape index (κ1) is 15.9. The van der Waals surface area contributed by atoms with Gasteiger partial charge >= 0.3 is 0 Å². The van der Waals surface area contributed by atoms with Gasteiger partial charge in [-0.3, -0.25) is 9.48 Å². The summed E-state index contributed by atoms with van der Waals surface area (Å²) in [6.07, 6.45) is 2.21. The van der Waals surface area contributed by atoms with Crippen LogP contribution in [0.15, 0.2) is 6.07 Å². The second-order valence-electron chi connectivity index (χ2n) is 6.50. The molecule has 6 nitrogen and oxygen atoms in total. The molecule has 0 radical (unpaired) electrons. The van der Waals surface area contributed by atoms with Crippen LogP contribution in [0.1, 0.15) is 54.4 Å². The van der Waals surface area contributed by atoms with Gasteiger partial charge in [0.15, 0.2) is 5.65 Å². The number of amides is 1. The molecule has 1 fully saturated rings. The van der Waals surface area contributed by atoms with E-state index in [0.29, 0.717) is 12.1 Å². The number of carbonyl (C=O) groups excluding carboxylic acids is 1. The predicted molar refractivity (Wildman–Crippen MR) is 88.6 cm³/mol. The fourth-order valence-corrected chi connectivity index (χ4v) is 3.05. The van der Waals surface area contributed by atoms with Crippen LogP contribution in [0.25, 0.3) is 11.0 Å². The predicted octanol–water partition coefficient (Wildman–Crippen LogP) is 2.31. The van der Waals surface area contributed by atoms with Gasteiger partial charge in [0, 0.05) is 25.9 Å². The lowest BCUT2D eigenvalue weighted by atomic mass is 10.0. The lowest BCUT2D eigenvalue weighted by molar-refractivity contribution is 0.0859. The SMILES string of the molecule is Cc1nn(C)c2nc(C(C)C)cc(C(=O)NC[C@@H]3CCCO3)c12. The van der Waals surface area contributed by atoms with Gasteiger partial charge in [-0.2, -0.15) is 5.10 Å². The van der Waals surface area contributed by atoms with Gasteiger partial charge in [-0.1, -0.05) is 13.8 Å². The summed E-state index contributed by atoms with van der Waals surface area (Å²) in [5.41, 5.74) is 3.15. The fourth-order valence-electron chi connectivity index (χ4n) is 3.05. The summed E-state index contributed by atoms with van der Waals surface area (Å²) in [6, 6.07) is 1.90. The van der Waals surface area contributed by atoms with Gasteiger partial charge in [0.25, 0.3) is 5.91 Å². The Morgan fingerprint density at radius 2 is 2.30 bits per heavy atom. The van der Waals surface area contributed by atoms with E-state index in [2.05, 4.69) is 29.2 Å². The molecule has 0 saturated carbocycles. The maximum Gasteiger partial charge on any atom is 0.252 e. The first-order chi connectivity index (χ1) is 11.0. The number of hydrogen-bond donors (Lipinski definition) is 1. The highest BCUT2D eigenvalue weighted by atomic mass is 16.5. The van der Waals surface area contributed by atoms with Crippen LogP contribution in [0.4, 0.5) is 0 Å². The largest absolute Gasteiger partial charge is 0.376 e. The molecule has 3 rings (SSSR count). The van der Waals surface area contributed by atoms with Gasteiger partial charge in [-0.15, -0.1) is 0 Å². The van der Waals surface area contributed by atoms with Crippen LogP contribution in [0, 0.1) is 6.92 Å². The summed E-state index contributed by atoms with van der Waals surface area (Å²) in [5, 5.41) is 8.26. The van der Waals surface area contributed by atoms with Gasteiger partial charge in [0.05, 0.1) is 22.7 Å². The second-order valence-corrected chi connectivity index (χ2v) is 6.50. The van der Waals surface area contributed by atoms with Gasteiger partial charge < -0.3 is 10.1 Å². The molecule has 0 unspecified atom stereocenters. The third-order valence-corrected chi connectivity index (χ3v) is 4.34. The van der Waals surface area contributed by atoms with Crippen molar-refractivity contribution < 1.29 is 9.53 Å². The topological polar surface area (TPSA) is 69.0 Å². The minimum Gasteiger partial charge on any atom is -0.376 e. The molecule has 0 aliphatic carbocycles. The standard InChI is InChI=1S/C17H24N4O2/c1-10(2)14-8-13(15-11(3)20-21(4)16(15)19-14)17(22)18-9-12-6-5-7-23-12/h8,10,12H,5-7,9H2,1-4H3,(H,18,22)/t12-/m0/s1. The van der Waals surface area contributed by atoms with Crippen molar-refractivity contribution in [3.8, 4) is 0 Å². The third kappa shape index (κ3) is 3.08. The molecule has 1 amide bonds. The lowest BCUT2D eigenvalue weighted by Crippen LogP contribution is -2.32. The molecule has 23 heavy (non-hydrogen) atoms. The number of aryl methyl sites for hydroxylation is 2. The van der Waals surface area contributed by atoms with Gasteiger partial charge in [0.1, 0.15) is 0 Å². The number of nitrogens with zero attached hydrogens (tertiary/aromatic N) is 3. The number of pyridine rings is 1. The van der Waals surface area contributed by atoms with Crippen LogP contribution in [-0.4, -0.2) is 39.9 Å². The number of aromatic nitrogens is 3. The Kier molecular flexibility index (Phi) is 4.35. The molecule has 1 atom stereocenters. The Morgan fingerprint density at radius 1 is 1.52 bits per heavy atom. The van der Waals surface area contributed by atoms with E-state index < -0.39 is 0 Å². The maximum absolute atomic E-state index is 12.7. The molecular formula is C17H24N4O2. The van der Waals surface area contributed by atoms with E-state index >= 15 is 0 Å². The van der Waals surface area contributed by atoms with E-state index in [1.807, 2.05) is 20.0 Å². The Bertz CT molecular complexity index is 730. The Balaban J connectivity index is 1.95. The molecular weight excluding hydrogens is 292 g/mol. The first-order valence-electron chi connectivity index (χ1n) is 8.21. The summed E-state index contributed by atoms with van der Waals surface area (Å²) in [6.45, 7) is 7.41. The molecule has 3 heterocycles. The molecule has 0 spiro atoms. The molecule has 124 valence electrons. The number of carbonyl (C=O) groups is 1. The Morgan fingerprint density at radius 3 is 2.96 bits per heavy atom. The van der Waals surface area contributed by atoms with Gasteiger partial charge in [0.2, 0.25) is 0 Å². The summed E-state index contributed by atoms with van der Waals surface area (Å²) < 4.78 is 7.32. The van der Waals surface area contributed by atoms with E-state index in [1.54, 1.807) is 4.68 Å². The van der Waals surface area contributed by atoms with Crippen molar-refractivity contribution in [3.63, 3.8) is 0 Å². The van der Waals surface area contributed by atoms with Crippen molar-refractivity contribution in [2.45, 2.75) is 45.6 Å². The number of nitrogens with one attached hydrogen (secondary N) is 1. The molecule has 1 saturated heterocycles. The summed E-state index contributed by atoms with van der Waals surface area (Å²) in [4.78, 5) is 17.4. The van der Waals surface area contributed by atoms with Crippen LogP contribution in [0.2, 0.25) is 0 Å². The van der Waals surface area contributed by atoms with Crippen LogP contribution < -0.4 is 5.32 Å². The minimum atomic E-state index is -0.0779. The molecule has 0 aromatic carbocycles. The van der Waals surface area contributed by atoms with Crippen molar-refractivity contribution in [3.05, 3.63) is 23.0 Å². The minimum absolute atomic E-state index is 0.0779. The zero-order valence-corrected chi connectivity index (χ0v) is 14.2. The Hall–Kier alpha value is -1.95. The molecule has 6 heteroatoms. The van der Waals surface area contributed by atoms with Crippen molar-refractivity contribution in [1.82, 2.24) is 20.1 Å². The van der Waals surface area contributed by atoms with E-state index in [-0.39, 0.29) is 17.9 Å². The van der Waals surface area contributed by atoms with E-state index in [0.717, 1.165) is 41.9 Å². The quantitative estimate of drug-likeness (QED) is 0.940. The molecule has 0 bridgehead atoms. The van der Waals surface area contributed by atoms with Crippen LogP contribution in [0.5, 0.6) is 0 Å². The highest BCUT2D eigenvalue weighted by Crippen LogP contribution is 2.25. The second kappa shape index (κ2) is 6.28. The van der Waals surface area contributed by atoms with E-state index in [1.165, 1.54) is 0 Å². The van der Waals surface area contributed by atoms with Crippen molar-refractivity contribution in [2.24, 2.45) is 7.05 Å². The molecule has 1 aliphatic heterocycles. The highest BCUT2D eigenvalue weighted by Gasteiger charge is 2.21. The summed E-state index contributed by atoms with van der Waals surface area (Å²) >= 11 is 0. The van der Waals surface area contributed by atoms with Gasteiger partial charge in [-0.25, -0.2) is 4.98 Å². The number of rotatable bonds is 4. The monoisotopic (exact) mass is 316 g/mol. The Labute approximate surface area is 136 Å². The van der Waals surface area contributed by atoms with Crippen LogP contribution >= 0.6 is 0 Å². The zero-order valence-electron chi connectivity index (χ0n) is 14.2. The summed E-state index contributed by atoms with van der Waals surface area (Å²) in [7, 11) is 1.86. The number of fused-ring (bicyclic) bond motifs is 1. The highest BCUT2D eigenvalue weighted by molar-refractivity contribution is 6.06. The van der Waals surface area contributed by atoms with E-state index in [9.17, 15) is 4.79 Å². The number of ether oxygens (including phenoxy) is 1. The van der Waals surface area contributed by atoms with Crippen molar-refractivity contribution in [1.29, 1.82) is 0 Å². The zero-order chi connectivity index (χ0) is 16.6. The number of hydrogen-bond acceptors (Lipinski definition) is 4. The fraction of sp³-hybridized carbons (Fsp3) is 0.588. The smallest absolute Gasteiger partial charge is 0.252 e. The average molecular weight is 316 g/mol. The van der Waals surface area contributed by atoms with Gasteiger partial charge in [-0.05, 0) is 31.7 Å². The lowest BCUT2D eigenvalue weighted by Gasteiger charge is -2.13. The average Bonchev–Trinajstić information content (AvgIpc) is 3.13. The molecule has 2 aromatic heterocycles. The normalized spacial score (nSPS) is 18.0. The summed E-state index contributed by atoms with van der Waals surface area (Å²) in [5.74, 6) is 0.172. The van der Waals surface area contributed by atoms with Crippen LogP contribution in [0.3, 0.4) is 0 Å². The molecule has 1 N–H and O–H groups in total. The van der Waals surface area contributed by atoms with Crippen LogP contribution in [-0.2, 0) is 11.8 Å². The van der Waals surface area contributed by atoms with Crippen molar-refractivity contribution >= 4 is 16.9 Å².